The van der Waals surface area contributed by atoms with Gasteiger partial charge in [-0.2, -0.15) is 4.31 Å². The summed E-state index contributed by atoms with van der Waals surface area (Å²) >= 11 is 0. The van der Waals surface area contributed by atoms with Gasteiger partial charge in [-0.3, -0.25) is 4.79 Å². The van der Waals surface area contributed by atoms with Gasteiger partial charge in [0.05, 0.1) is 25.2 Å². The summed E-state index contributed by atoms with van der Waals surface area (Å²) in [5, 5.41) is 12.7. The minimum atomic E-state index is -3.84. The third-order valence-corrected chi connectivity index (χ3v) is 9.83. The van der Waals surface area contributed by atoms with Crippen LogP contribution in [-0.2, 0) is 24.3 Å². The monoisotopic (exact) mass is 536 g/mol. The molecule has 1 aliphatic heterocycles. The fraction of sp³-hybridized carbons (Fsp3) is 0.667. The second-order valence-electron chi connectivity index (χ2n) is 10.7. The van der Waals surface area contributed by atoms with E-state index in [-0.39, 0.29) is 54.8 Å². The zero-order chi connectivity index (χ0) is 26.6. The SMILES string of the molecule is COc1ccc(S(=O)(=O)N(CCO)CCO[C@@H]2C[C@H](C(C)C)C=C(C(=O)NC3CC4CCC3C4)O2)cc1. The summed E-state index contributed by atoms with van der Waals surface area (Å²) in [6, 6.07) is 6.33. The number of fused-ring (bicyclic) bond motifs is 2. The Kier molecular flexibility index (Phi) is 9.15. The minimum absolute atomic E-state index is 0.0392. The molecule has 0 aromatic heterocycles. The van der Waals surface area contributed by atoms with Crippen LogP contribution in [0.3, 0.4) is 0 Å². The van der Waals surface area contributed by atoms with Crippen molar-refractivity contribution in [1.29, 1.82) is 0 Å². The van der Waals surface area contributed by atoms with Crippen LogP contribution < -0.4 is 10.1 Å². The van der Waals surface area contributed by atoms with Crippen LogP contribution in [-0.4, -0.2) is 69.5 Å². The summed E-state index contributed by atoms with van der Waals surface area (Å²) < 4.78 is 44.5. The van der Waals surface area contributed by atoms with Crippen molar-refractivity contribution in [3.63, 3.8) is 0 Å². The third-order valence-electron chi connectivity index (χ3n) is 7.91. The predicted octanol–water partition coefficient (Wildman–Crippen LogP) is 2.90. The van der Waals surface area contributed by atoms with E-state index in [2.05, 4.69) is 19.2 Å². The van der Waals surface area contributed by atoms with Gasteiger partial charge in [0.2, 0.25) is 16.3 Å². The average molecular weight is 537 g/mol. The van der Waals surface area contributed by atoms with Gasteiger partial charge in [0, 0.05) is 25.6 Å². The van der Waals surface area contributed by atoms with Crippen LogP contribution in [0.15, 0.2) is 41.0 Å². The molecule has 2 fully saturated rings. The van der Waals surface area contributed by atoms with Crippen molar-refractivity contribution in [3.8, 4) is 5.75 Å². The standard InChI is InChI=1S/C27H40N2O7S/c1-18(2)21-16-25(27(31)28-24-15-19-4-5-20(24)14-19)36-26(17-21)35-13-11-29(10-12-30)37(32,33)23-8-6-22(34-3)7-9-23/h6-9,16,18-21,24,26,30H,4-5,10-15,17H2,1-3H3,(H,28,31)/t19?,20?,21-,24?,26+/m1/s1. The Hall–Kier alpha value is -2.14. The smallest absolute Gasteiger partial charge is 0.286 e. The molecule has 1 aromatic rings. The first kappa shape index (κ1) is 27.9. The molecule has 5 atom stereocenters. The third kappa shape index (κ3) is 6.66. The zero-order valence-electron chi connectivity index (χ0n) is 22.0. The highest BCUT2D eigenvalue weighted by Gasteiger charge is 2.41. The lowest BCUT2D eigenvalue weighted by Gasteiger charge is -2.32. The average Bonchev–Trinajstić information content (AvgIpc) is 3.51. The lowest BCUT2D eigenvalue weighted by atomic mass is 9.90. The maximum absolute atomic E-state index is 13.1. The van der Waals surface area contributed by atoms with Crippen molar-refractivity contribution in [3.05, 3.63) is 36.1 Å². The van der Waals surface area contributed by atoms with Crippen molar-refractivity contribution in [2.75, 3.05) is 33.4 Å². The van der Waals surface area contributed by atoms with Gasteiger partial charge in [-0.1, -0.05) is 20.3 Å². The number of nitrogens with one attached hydrogen (secondary N) is 1. The van der Waals surface area contributed by atoms with E-state index >= 15 is 0 Å². The Morgan fingerprint density at radius 3 is 2.51 bits per heavy atom. The zero-order valence-corrected chi connectivity index (χ0v) is 22.8. The molecule has 37 heavy (non-hydrogen) atoms. The highest BCUT2D eigenvalue weighted by molar-refractivity contribution is 7.89. The van der Waals surface area contributed by atoms with Gasteiger partial charge < -0.3 is 24.6 Å². The summed E-state index contributed by atoms with van der Waals surface area (Å²) in [6.45, 7) is 3.91. The van der Waals surface area contributed by atoms with E-state index in [1.165, 1.54) is 42.8 Å². The topological polar surface area (TPSA) is 114 Å². The normalized spacial score (nSPS) is 27.3. The number of rotatable bonds is 12. The second-order valence-corrected chi connectivity index (χ2v) is 12.6. The number of allylic oxidation sites excluding steroid dienone is 1. The minimum Gasteiger partial charge on any atom is -0.497 e. The first-order valence-corrected chi connectivity index (χ1v) is 14.7. The van der Waals surface area contributed by atoms with E-state index < -0.39 is 16.3 Å². The van der Waals surface area contributed by atoms with Gasteiger partial charge in [-0.15, -0.1) is 0 Å². The van der Waals surface area contributed by atoms with Crippen LogP contribution >= 0.6 is 0 Å². The van der Waals surface area contributed by atoms with E-state index in [9.17, 15) is 18.3 Å². The van der Waals surface area contributed by atoms with Crippen LogP contribution in [0.5, 0.6) is 5.75 Å². The van der Waals surface area contributed by atoms with Gasteiger partial charge in [-0.25, -0.2) is 8.42 Å². The quantitative estimate of drug-likeness (QED) is 0.422. The molecule has 3 aliphatic rings. The number of methoxy groups -OCH3 is 1. The summed E-state index contributed by atoms with van der Waals surface area (Å²) in [5.74, 6) is 2.34. The van der Waals surface area contributed by atoms with Gasteiger partial charge in [0.25, 0.3) is 5.91 Å². The highest BCUT2D eigenvalue weighted by atomic mass is 32.2. The second kappa shape index (κ2) is 12.1. The van der Waals surface area contributed by atoms with Crippen LogP contribution in [0.25, 0.3) is 0 Å². The number of hydrogen-bond acceptors (Lipinski definition) is 7. The molecular formula is C27H40N2O7S. The fourth-order valence-corrected chi connectivity index (χ4v) is 7.13. The molecule has 1 heterocycles. The Balaban J connectivity index is 1.36. The van der Waals surface area contributed by atoms with Crippen LogP contribution in [0.1, 0.15) is 46.0 Å². The van der Waals surface area contributed by atoms with Crippen LogP contribution in [0, 0.1) is 23.7 Å². The van der Waals surface area contributed by atoms with Gasteiger partial charge in [0.15, 0.2) is 5.76 Å². The molecule has 0 saturated heterocycles. The number of carbonyl (C=O) groups excluding carboxylic acids is 1. The number of nitrogens with zero attached hydrogens (tertiary/aromatic N) is 1. The summed E-state index contributed by atoms with van der Waals surface area (Å²) in [5.41, 5.74) is 0. The molecule has 2 bridgehead atoms. The molecule has 1 amide bonds. The Morgan fingerprint density at radius 1 is 1.16 bits per heavy atom. The van der Waals surface area contributed by atoms with Gasteiger partial charge in [-0.05, 0) is 73.3 Å². The molecule has 206 valence electrons. The van der Waals surface area contributed by atoms with Crippen molar-refractivity contribution in [1.82, 2.24) is 9.62 Å². The molecule has 1 aromatic carbocycles. The van der Waals surface area contributed by atoms with Crippen LogP contribution in [0.2, 0.25) is 0 Å². The fourth-order valence-electron chi connectivity index (χ4n) is 5.72. The molecule has 9 nitrogen and oxygen atoms in total. The number of carbonyl (C=O) groups is 1. The molecule has 2 aliphatic carbocycles. The summed E-state index contributed by atoms with van der Waals surface area (Å²) in [7, 11) is -2.32. The molecular weight excluding hydrogens is 496 g/mol. The van der Waals surface area contributed by atoms with Crippen molar-refractivity contribution in [2.45, 2.75) is 63.2 Å². The Bertz CT molecular complexity index is 1060. The first-order chi connectivity index (χ1) is 17.7. The lowest BCUT2D eigenvalue weighted by Crippen LogP contribution is -2.42. The molecule has 10 heteroatoms. The Labute approximate surface area is 220 Å². The first-order valence-electron chi connectivity index (χ1n) is 13.3. The molecule has 0 radical (unpaired) electrons. The number of sulfonamides is 1. The maximum Gasteiger partial charge on any atom is 0.286 e. The van der Waals surface area contributed by atoms with Gasteiger partial charge in [0.1, 0.15) is 5.75 Å². The van der Waals surface area contributed by atoms with Gasteiger partial charge >= 0.3 is 0 Å². The predicted molar refractivity (Wildman–Crippen MR) is 138 cm³/mol. The van der Waals surface area contributed by atoms with Crippen LogP contribution in [0.4, 0.5) is 0 Å². The Morgan fingerprint density at radius 2 is 1.92 bits per heavy atom. The van der Waals surface area contributed by atoms with E-state index in [1.54, 1.807) is 12.1 Å². The molecule has 3 unspecified atom stereocenters. The number of aliphatic hydroxyl groups is 1. The van der Waals surface area contributed by atoms with Crippen molar-refractivity contribution >= 4 is 15.9 Å². The van der Waals surface area contributed by atoms with Crippen molar-refractivity contribution < 1.29 is 32.5 Å². The number of aliphatic hydroxyl groups excluding tert-OH is 1. The molecule has 0 spiro atoms. The number of ether oxygens (including phenoxy) is 3. The largest absolute Gasteiger partial charge is 0.497 e. The highest BCUT2D eigenvalue weighted by Crippen LogP contribution is 2.44. The van der Waals surface area contributed by atoms with E-state index in [0.29, 0.717) is 24.0 Å². The molecule has 2 N–H and O–H groups in total. The summed E-state index contributed by atoms with van der Waals surface area (Å²) in [4.78, 5) is 13.2. The number of benzene rings is 1. The lowest BCUT2D eigenvalue weighted by molar-refractivity contribution is -0.151. The maximum atomic E-state index is 13.1. The molecule has 2 saturated carbocycles. The van der Waals surface area contributed by atoms with E-state index in [0.717, 1.165) is 12.3 Å². The van der Waals surface area contributed by atoms with Crippen molar-refractivity contribution in [2.24, 2.45) is 23.7 Å². The number of amides is 1. The number of hydrogen-bond donors (Lipinski definition) is 2. The van der Waals surface area contributed by atoms with E-state index in [1.807, 2.05) is 6.08 Å². The molecule has 4 rings (SSSR count). The summed E-state index contributed by atoms with van der Waals surface area (Å²) in [6.07, 6.45) is 6.52. The van der Waals surface area contributed by atoms with E-state index in [4.69, 9.17) is 14.2 Å².